The topological polar surface area (TPSA) is 21.7 Å². The molecule has 44 heavy (non-hydrogen) atoms. The zero-order chi connectivity index (χ0) is 29.9. The van der Waals surface area contributed by atoms with E-state index in [1.807, 2.05) is 0 Å². The average molecular weight is 587 g/mol. The highest BCUT2D eigenvalue weighted by atomic mass is 32.1. The first-order chi connectivity index (χ1) is 21.5. The van der Waals surface area contributed by atoms with Crippen molar-refractivity contribution in [2.45, 2.75) is 20.8 Å². The molecule has 0 fully saturated rings. The molecule has 0 aliphatic rings. The number of rotatable bonds is 4. The number of hydrogen-bond acceptors (Lipinski definition) is 2. The summed E-state index contributed by atoms with van der Waals surface area (Å²) in [5.41, 5.74) is 13.3. The molecule has 0 N–H and O–H groups in total. The summed E-state index contributed by atoms with van der Waals surface area (Å²) in [7, 11) is 2.19. The molecular weight excluding hydrogens is 555 g/mol. The molecule has 0 aliphatic carbocycles. The van der Waals surface area contributed by atoms with E-state index < -0.39 is 0 Å². The van der Waals surface area contributed by atoms with Gasteiger partial charge in [0.25, 0.3) is 5.82 Å². The van der Waals surface area contributed by atoms with Gasteiger partial charge in [-0.1, -0.05) is 97.1 Å². The Bertz CT molecular complexity index is 2350. The fourth-order valence-electron chi connectivity index (χ4n) is 6.82. The van der Waals surface area contributed by atoms with Crippen molar-refractivity contribution in [3.63, 3.8) is 0 Å². The molecule has 2 aromatic heterocycles. The minimum absolute atomic E-state index is 1.03. The van der Waals surface area contributed by atoms with E-state index in [4.69, 9.17) is 4.98 Å². The summed E-state index contributed by atoms with van der Waals surface area (Å²) in [4.78, 5) is 5.27. The van der Waals surface area contributed by atoms with Gasteiger partial charge in [-0.25, -0.2) is 9.55 Å². The quantitative estimate of drug-likeness (QED) is 0.188. The van der Waals surface area contributed by atoms with Crippen LogP contribution in [0.3, 0.4) is 0 Å². The molecule has 0 bridgehead atoms. The van der Waals surface area contributed by atoms with Gasteiger partial charge in [-0.2, -0.15) is 4.57 Å². The van der Waals surface area contributed by atoms with Gasteiger partial charge in [0.15, 0.2) is 11.0 Å². The molecule has 8 rings (SSSR count). The maximum Gasteiger partial charge on any atom is 0.296 e. The molecule has 6 aromatic carbocycles. The summed E-state index contributed by atoms with van der Waals surface area (Å²) in [6.45, 7) is 6.65. The van der Waals surface area contributed by atoms with Crippen LogP contribution in [-0.4, -0.2) is 9.55 Å². The van der Waals surface area contributed by atoms with E-state index in [0.717, 1.165) is 16.3 Å². The van der Waals surface area contributed by atoms with E-state index in [1.54, 1.807) is 11.3 Å². The van der Waals surface area contributed by atoms with Crippen molar-refractivity contribution in [2.75, 3.05) is 0 Å². The van der Waals surface area contributed by atoms with Gasteiger partial charge in [-0.05, 0) is 78.2 Å². The number of hydrogen-bond donors (Lipinski definition) is 0. The summed E-state index contributed by atoms with van der Waals surface area (Å²) in [5.74, 6) is 1.16. The Hall–Kier alpha value is -5.06. The van der Waals surface area contributed by atoms with Crippen molar-refractivity contribution < 1.29 is 4.57 Å². The van der Waals surface area contributed by atoms with E-state index in [2.05, 4.69) is 158 Å². The summed E-state index contributed by atoms with van der Waals surface area (Å²) < 4.78 is 6.01. The van der Waals surface area contributed by atoms with Gasteiger partial charge in [-0.3, -0.25) is 0 Å². The normalized spacial score (nSPS) is 11.6. The Morgan fingerprint density at radius 3 is 2.16 bits per heavy atom. The third-order valence-electron chi connectivity index (χ3n) is 8.86. The molecule has 0 aliphatic heterocycles. The molecule has 4 heteroatoms. The molecule has 0 saturated carbocycles. The summed E-state index contributed by atoms with van der Waals surface area (Å²) in [5, 5.41) is 3.53. The van der Waals surface area contributed by atoms with Crippen LogP contribution in [0.2, 0.25) is 0 Å². The highest BCUT2D eigenvalue weighted by Crippen LogP contribution is 2.42. The number of benzene rings is 6. The Kier molecular flexibility index (Phi) is 6.21. The SMILES string of the molecule is Cc1cc(-c2ccccc2)cc(C)c1-c1nc2ccc(C)c(-c3n(-c4cccc5ccccc45)c4ccccc4[n+]3C)c2s1. The first-order valence-corrected chi connectivity index (χ1v) is 15.9. The van der Waals surface area contributed by atoms with Crippen LogP contribution in [0.5, 0.6) is 0 Å². The van der Waals surface area contributed by atoms with Crippen molar-refractivity contribution in [1.29, 1.82) is 0 Å². The first-order valence-electron chi connectivity index (χ1n) is 15.0. The van der Waals surface area contributed by atoms with Gasteiger partial charge in [0.2, 0.25) is 0 Å². The van der Waals surface area contributed by atoms with Crippen LogP contribution < -0.4 is 4.57 Å². The molecule has 0 atom stereocenters. The van der Waals surface area contributed by atoms with E-state index in [-0.39, 0.29) is 0 Å². The second kappa shape index (κ2) is 10.3. The third-order valence-corrected chi connectivity index (χ3v) is 9.97. The molecular formula is C40H32N3S+. The highest BCUT2D eigenvalue weighted by molar-refractivity contribution is 7.22. The number of thiazole rings is 1. The number of aromatic nitrogens is 3. The molecule has 8 aromatic rings. The van der Waals surface area contributed by atoms with Crippen LogP contribution in [0.1, 0.15) is 16.7 Å². The second-order valence-corrected chi connectivity index (χ2v) is 12.7. The van der Waals surface area contributed by atoms with Crippen molar-refractivity contribution in [3.05, 3.63) is 138 Å². The van der Waals surface area contributed by atoms with Gasteiger partial charge in [-0.15, -0.1) is 11.3 Å². The van der Waals surface area contributed by atoms with E-state index >= 15 is 0 Å². The molecule has 0 saturated heterocycles. The number of aryl methyl sites for hydroxylation is 4. The second-order valence-electron chi connectivity index (χ2n) is 11.7. The maximum atomic E-state index is 5.27. The van der Waals surface area contributed by atoms with Crippen LogP contribution in [-0.2, 0) is 7.05 Å². The molecule has 0 unspecified atom stereocenters. The fourth-order valence-corrected chi connectivity index (χ4v) is 8.15. The number of fused-ring (bicyclic) bond motifs is 3. The number of imidazole rings is 1. The molecule has 0 radical (unpaired) electrons. The Balaban J connectivity index is 1.39. The predicted octanol–water partition coefficient (Wildman–Crippen LogP) is 10.1. The minimum Gasteiger partial charge on any atom is -0.236 e. The van der Waals surface area contributed by atoms with Gasteiger partial charge in [0.1, 0.15) is 10.7 Å². The summed E-state index contributed by atoms with van der Waals surface area (Å²) >= 11 is 1.80. The Labute approximate surface area is 261 Å². The van der Waals surface area contributed by atoms with Gasteiger partial charge >= 0.3 is 0 Å². The maximum absolute atomic E-state index is 5.27. The first kappa shape index (κ1) is 26.6. The van der Waals surface area contributed by atoms with Crippen molar-refractivity contribution in [1.82, 2.24) is 9.55 Å². The van der Waals surface area contributed by atoms with Crippen molar-refractivity contribution >= 4 is 43.4 Å². The predicted molar refractivity (Wildman–Crippen MR) is 186 cm³/mol. The minimum atomic E-state index is 1.03. The fraction of sp³-hybridized carbons (Fsp3) is 0.100. The molecule has 0 spiro atoms. The lowest BCUT2D eigenvalue weighted by atomic mass is 9.96. The lowest BCUT2D eigenvalue weighted by Gasteiger charge is -2.11. The van der Waals surface area contributed by atoms with Gasteiger partial charge < -0.3 is 0 Å². The van der Waals surface area contributed by atoms with Crippen LogP contribution >= 0.6 is 11.3 Å². The largest absolute Gasteiger partial charge is 0.296 e. The van der Waals surface area contributed by atoms with Crippen LogP contribution in [0, 0.1) is 20.8 Å². The zero-order valence-electron chi connectivity index (χ0n) is 25.3. The summed E-state index contributed by atoms with van der Waals surface area (Å²) in [6.07, 6.45) is 0. The van der Waals surface area contributed by atoms with Crippen molar-refractivity contribution in [3.8, 4) is 38.8 Å². The molecule has 2 heterocycles. The zero-order valence-corrected chi connectivity index (χ0v) is 26.1. The standard InChI is InChI=1S/C40H32N3S/c1-25-21-22-32-38(44-39(41-32)36-26(2)23-30(24-27(36)3)28-13-6-5-7-14-28)37(25)40-42(4)34-18-10-11-19-35(34)43(40)33-20-12-16-29-15-8-9-17-31(29)33/h5-24H,1-4H3/q+1. The monoisotopic (exact) mass is 586 g/mol. The Morgan fingerprint density at radius 2 is 1.34 bits per heavy atom. The molecule has 3 nitrogen and oxygen atoms in total. The van der Waals surface area contributed by atoms with Crippen LogP contribution in [0.4, 0.5) is 0 Å². The summed E-state index contributed by atoms with van der Waals surface area (Å²) in [6, 6.07) is 43.6. The molecule has 212 valence electrons. The lowest BCUT2D eigenvalue weighted by Crippen LogP contribution is -2.30. The van der Waals surface area contributed by atoms with E-state index in [9.17, 15) is 0 Å². The highest BCUT2D eigenvalue weighted by Gasteiger charge is 2.30. The average Bonchev–Trinajstić information content (AvgIpc) is 3.59. The van der Waals surface area contributed by atoms with Crippen molar-refractivity contribution in [2.24, 2.45) is 7.05 Å². The Morgan fingerprint density at radius 1 is 0.636 bits per heavy atom. The number of nitrogens with zero attached hydrogens (tertiary/aromatic N) is 3. The van der Waals surface area contributed by atoms with Gasteiger partial charge in [0, 0.05) is 10.9 Å². The van der Waals surface area contributed by atoms with E-state index in [1.165, 1.54) is 71.1 Å². The lowest BCUT2D eigenvalue weighted by molar-refractivity contribution is -0.633. The van der Waals surface area contributed by atoms with Crippen LogP contribution in [0.25, 0.3) is 70.8 Å². The van der Waals surface area contributed by atoms with Gasteiger partial charge in [0.05, 0.1) is 22.8 Å². The van der Waals surface area contributed by atoms with Crippen LogP contribution in [0.15, 0.2) is 121 Å². The smallest absolute Gasteiger partial charge is 0.236 e. The van der Waals surface area contributed by atoms with E-state index in [0.29, 0.717) is 0 Å². The third kappa shape index (κ3) is 4.10. The number of para-hydroxylation sites is 2. The molecule has 0 amide bonds.